The summed E-state index contributed by atoms with van der Waals surface area (Å²) in [5, 5.41) is 24.1. The van der Waals surface area contributed by atoms with Gasteiger partial charge in [0, 0.05) is 37.0 Å². The van der Waals surface area contributed by atoms with Gasteiger partial charge in [0.2, 0.25) is 0 Å². The Hall–Kier alpha value is -3.00. The molecule has 1 fully saturated rings. The first-order valence-corrected chi connectivity index (χ1v) is 11.3. The van der Waals surface area contributed by atoms with Gasteiger partial charge in [0.1, 0.15) is 18.1 Å². The second-order valence-corrected chi connectivity index (χ2v) is 8.42. The van der Waals surface area contributed by atoms with Gasteiger partial charge in [-0.2, -0.15) is 0 Å². The minimum Gasteiger partial charge on any atom is -0.497 e. The van der Waals surface area contributed by atoms with Crippen molar-refractivity contribution in [3.8, 4) is 11.5 Å². The molecule has 1 aromatic heterocycles. The Morgan fingerprint density at radius 2 is 1.79 bits per heavy atom. The third-order valence-electron chi connectivity index (χ3n) is 6.31. The van der Waals surface area contributed by atoms with Gasteiger partial charge in [0.25, 0.3) is 0 Å². The van der Waals surface area contributed by atoms with Crippen LogP contribution in [0.3, 0.4) is 0 Å². The molecular weight excluding hydrogens is 418 g/mol. The molecule has 0 amide bonds. The highest BCUT2D eigenvalue weighted by molar-refractivity contribution is 5.27. The van der Waals surface area contributed by atoms with Gasteiger partial charge < -0.3 is 25.0 Å². The molecule has 0 saturated heterocycles. The summed E-state index contributed by atoms with van der Waals surface area (Å²) < 4.78 is 11.0. The zero-order chi connectivity index (χ0) is 23.0. The molecule has 4 rings (SSSR count). The molecule has 0 spiro atoms. The highest BCUT2D eigenvalue weighted by Crippen LogP contribution is 2.35. The number of para-hydroxylation sites is 1. The maximum absolute atomic E-state index is 10.6. The first-order valence-electron chi connectivity index (χ1n) is 11.3. The Balaban J connectivity index is 1.41. The van der Waals surface area contributed by atoms with Gasteiger partial charge in [0.05, 0.1) is 13.2 Å². The Kier molecular flexibility index (Phi) is 7.88. The predicted molar refractivity (Wildman–Crippen MR) is 125 cm³/mol. The number of hydrogen-bond donors (Lipinski definition) is 3. The molecule has 4 atom stereocenters. The van der Waals surface area contributed by atoms with Gasteiger partial charge in [-0.1, -0.05) is 30.3 Å². The summed E-state index contributed by atoms with van der Waals surface area (Å²) in [6, 6.07) is 19.5. The van der Waals surface area contributed by atoms with E-state index < -0.39 is 6.10 Å². The summed E-state index contributed by atoms with van der Waals surface area (Å²) in [6.07, 6.45) is 2.44. The molecule has 3 aromatic rings. The minimum absolute atomic E-state index is 0.0540. The fraction of sp³-hybridized carbons (Fsp3) is 0.385. The lowest BCUT2D eigenvalue weighted by Gasteiger charge is -2.25. The fourth-order valence-electron chi connectivity index (χ4n) is 4.50. The van der Waals surface area contributed by atoms with E-state index in [1.165, 1.54) is 0 Å². The van der Waals surface area contributed by atoms with E-state index in [1.807, 2.05) is 60.7 Å². The molecule has 1 heterocycles. The first kappa shape index (κ1) is 23.2. The summed E-state index contributed by atoms with van der Waals surface area (Å²) in [4.78, 5) is 9.01. The van der Waals surface area contributed by atoms with Crippen LogP contribution in [0.4, 0.5) is 0 Å². The molecule has 1 aliphatic rings. The first-order chi connectivity index (χ1) is 16.2. The van der Waals surface area contributed by atoms with E-state index in [-0.39, 0.29) is 31.1 Å². The lowest BCUT2D eigenvalue weighted by atomic mass is 9.88. The number of aromatic nitrogens is 2. The highest BCUT2D eigenvalue weighted by Gasteiger charge is 2.42. The van der Waals surface area contributed by atoms with E-state index in [1.54, 1.807) is 13.3 Å². The van der Waals surface area contributed by atoms with Crippen molar-refractivity contribution >= 4 is 0 Å². The molecule has 3 N–H and O–H groups in total. The van der Waals surface area contributed by atoms with Crippen LogP contribution in [-0.2, 0) is 19.6 Å². The van der Waals surface area contributed by atoms with Crippen molar-refractivity contribution in [1.29, 1.82) is 0 Å². The predicted octanol–water partition coefficient (Wildman–Crippen LogP) is 2.75. The second kappa shape index (κ2) is 11.2. The fourth-order valence-corrected chi connectivity index (χ4v) is 4.50. The van der Waals surface area contributed by atoms with E-state index in [0.717, 1.165) is 22.8 Å². The maximum Gasteiger partial charge on any atom is 0.166 e. The number of aliphatic hydroxyl groups is 2. The van der Waals surface area contributed by atoms with Crippen molar-refractivity contribution in [3.05, 3.63) is 83.9 Å². The van der Waals surface area contributed by atoms with Crippen LogP contribution >= 0.6 is 0 Å². The number of benzene rings is 2. The van der Waals surface area contributed by atoms with Gasteiger partial charge in [-0.25, -0.2) is 9.97 Å². The molecule has 0 aliphatic heterocycles. The lowest BCUT2D eigenvalue weighted by molar-refractivity contribution is 0.0715. The van der Waals surface area contributed by atoms with E-state index in [0.29, 0.717) is 25.2 Å². The lowest BCUT2D eigenvalue weighted by Crippen LogP contribution is -2.36. The van der Waals surface area contributed by atoms with Crippen LogP contribution in [0.2, 0.25) is 0 Å². The number of aliphatic hydroxyl groups excluding tert-OH is 2. The molecule has 7 heteroatoms. The zero-order valence-electron chi connectivity index (χ0n) is 18.8. The van der Waals surface area contributed by atoms with Gasteiger partial charge in [-0.05, 0) is 54.7 Å². The normalized spacial score (nSPS) is 22.3. The number of hydrogen-bond acceptors (Lipinski definition) is 7. The number of rotatable bonds is 10. The Labute approximate surface area is 194 Å². The average Bonchev–Trinajstić information content (AvgIpc) is 3.16. The smallest absolute Gasteiger partial charge is 0.166 e. The van der Waals surface area contributed by atoms with E-state index in [9.17, 15) is 10.2 Å². The zero-order valence-corrected chi connectivity index (χ0v) is 18.8. The van der Waals surface area contributed by atoms with Gasteiger partial charge in [0.15, 0.2) is 5.82 Å². The largest absolute Gasteiger partial charge is 0.497 e. The van der Waals surface area contributed by atoms with E-state index in [2.05, 4.69) is 15.3 Å². The quantitative estimate of drug-likeness (QED) is 0.438. The van der Waals surface area contributed by atoms with Crippen LogP contribution in [0.5, 0.6) is 11.5 Å². The summed E-state index contributed by atoms with van der Waals surface area (Å²) in [6.45, 7) is 0.908. The molecule has 7 nitrogen and oxygen atoms in total. The number of nitrogens with one attached hydrogen (secondary N) is 1. The number of methoxy groups -OCH3 is 1. The monoisotopic (exact) mass is 449 g/mol. The molecular formula is C26H31N3O4. The summed E-state index contributed by atoms with van der Waals surface area (Å²) >= 11 is 0. The summed E-state index contributed by atoms with van der Waals surface area (Å²) in [5.74, 6) is 2.06. The maximum atomic E-state index is 10.6. The standard InChI is InChI=1S/C26H31N3O4/c1-32-20-9-7-18(8-10-20)15-28-24-14-25(31)23(16-30)22(24)13-19-11-12-27-26(29-19)17-33-21-5-3-2-4-6-21/h2-12,22-25,28,30-31H,13-17H2,1H3. The Bertz CT molecular complexity index is 1000. The third-order valence-corrected chi connectivity index (χ3v) is 6.31. The Morgan fingerprint density at radius 3 is 2.52 bits per heavy atom. The molecule has 1 aliphatic carbocycles. The molecule has 0 radical (unpaired) electrons. The average molecular weight is 450 g/mol. The van der Waals surface area contributed by atoms with Crippen molar-refractivity contribution in [2.24, 2.45) is 11.8 Å². The molecule has 4 unspecified atom stereocenters. The van der Waals surface area contributed by atoms with E-state index >= 15 is 0 Å². The molecule has 174 valence electrons. The van der Waals surface area contributed by atoms with Gasteiger partial charge in [-0.15, -0.1) is 0 Å². The van der Waals surface area contributed by atoms with Crippen LogP contribution in [0.15, 0.2) is 66.9 Å². The topological polar surface area (TPSA) is 96.7 Å². The van der Waals surface area contributed by atoms with E-state index in [4.69, 9.17) is 9.47 Å². The molecule has 2 aromatic carbocycles. The van der Waals surface area contributed by atoms with Crippen LogP contribution < -0.4 is 14.8 Å². The number of nitrogens with zero attached hydrogens (tertiary/aromatic N) is 2. The van der Waals surface area contributed by atoms with Gasteiger partial charge >= 0.3 is 0 Å². The van der Waals surface area contributed by atoms with Gasteiger partial charge in [-0.3, -0.25) is 0 Å². The van der Waals surface area contributed by atoms with Crippen LogP contribution in [0.25, 0.3) is 0 Å². The van der Waals surface area contributed by atoms with Crippen molar-refractivity contribution < 1.29 is 19.7 Å². The third kappa shape index (κ3) is 6.07. The molecule has 1 saturated carbocycles. The second-order valence-electron chi connectivity index (χ2n) is 8.42. The van der Waals surface area contributed by atoms with Crippen LogP contribution in [0.1, 0.15) is 23.5 Å². The highest BCUT2D eigenvalue weighted by atomic mass is 16.5. The molecule has 0 bridgehead atoms. The van der Waals surface area contributed by atoms with Crippen molar-refractivity contribution in [2.45, 2.75) is 38.1 Å². The van der Waals surface area contributed by atoms with Crippen molar-refractivity contribution in [3.63, 3.8) is 0 Å². The minimum atomic E-state index is -0.545. The number of ether oxygens (including phenoxy) is 2. The summed E-state index contributed by atoms with van der Waals surface area (Å²) in [7, 11) is 1.65. The Morgan fingerprint density at radius 1 is 1.00 bits per heavy atom. The van der Waals surface area contributed by atoms with Crippen LogP contribution in [0, 0.1) is 11.8 Å². The van der Waals surface area contributed by atoms with Crippen LogP contribution in [-0.4, -0.2) is 46.0 Å². The van der Waals surface area contributed by atoms with Crippen molar-refractivity contribution in [1.82, 2.24) is 15.3 Å². The SMILES string of the molecule is COc1ccc(CNC2CC(O)C(CO)C2Cc2ccnc(COc3ccccc3)n2)cc1. The summed E-state index contributed by atoms with van der Waals surface area (Å²) in [5.41, 5.74) is 2.02. The van der Waals surface area contributed by atoms with Crippen molar-refractivity contribution in [2.75, 3.05) is 13.7 Å². The molecule has 33 heavy (non-hydrogen) atoms.